The number of sulfone groups is 1. The highest BCUT2D eigenvalue weighted by Gasteiger charge is 2.55. The van der Waals surface area contributed by atoms with Crippen LogP contribution >= 0.6 is 11.6 Å². The molecule has 6 rings (SSSR count). The van der Waals surface area contributed by atoms with Crippen LogP contribution in [0.25, 0.3) is 22.6 Å². The van der Waals surface area contributed by atoms with Gasteiger partial charge in [-0.1, -0.05) is 17.7 Å². The van der Waals surface area contributed by atoms with E-state index in [1.54, 1.807) is 0 Å². The molecule has 1 aromatic carbocycles. The fraction of sp³-hybridized carbons (Fsp3) is 0.433. The molecule has 254 valence electrons. The smallest absolute Gasteiger partial charge is 0.349 e. The number of aromatic nitrogens is 4. The molecule has 3 fully saturated rings. The summed E-state index contributed by atoms with van der Waals surface area (Å²) in [5.74, 6) is -7.27. The van der Waals surface area contributed by atoms with Crippen molar-refractivity contribution in [1.82, 2.24) is 30.2 Å². The van der Waals surface area contributed by atoms with Crippen molar-refractivity contribution in [2.24, 2.45) is 16.8 Å². The number of hydrogen-bond donors (Lipinski definition) is 1. The van der Waals surface area contributed by atoms with Crippen LogP contribution in [0.2, 0.25) is 5.15 Å². The summed E-state index contributed by atoms with van der Waals surface area (Å²) in [4.78, 5) is 46.6. The summed E-state index contributed by atoms with van der Waals surface area (Å²) in [6.45, 7) is 1.80. The van der Waals surface area contributed by atoms with Gasteiger partial charge in [0.25, 0.3) is 5.92 Å². The first kappa shape index (κ1) is 33.8. The summed E-state index contributed by atoms with van der Waals surface area (Å²) < 4.78 is 98.7. The van der Waals surface area contributed by atoms with Gasteiger partial charge in [-0.3, -0.25) is 19.6 Å². The Balaban J connectivity index is 1.32. The molecule has 18 heteroatoms. The zero-order valence-corrected chi connectivity index (χ0v) is 26.5. The Morgan fingerprint density at radius 3 is 2.31 bits per heavy atom. The van der Waals surface area contributed by atoms with Crippen molar-refractivity contribution in [3.8, 4) is 22.6 Å². The number of carbonyl (C=O) groups is 2. The first-order valence-electron chi connectivity index (χ1n) is 14.7. The van der Waals surface area contributed by atoms with Crippen LogP contribution in [0, 0.1) is 11.8 Å². The Morgan fingerprint density at radius 1 is 1.02 bits per heavy atom. The molecule has 48 heavy (non-hydrogen) atoms. The summed E-state index contributed by atoms with van der Waals surface area (Å²) in [6.07, 6.45) is 0.0303. The van der Waals surface area contributed by atoms with Gasteiger partial charge in [0.1, 0.15) is 16.5 Å². The monoisotopic (exact) mass is 711 g/mol. The van der Waals surface area contributed by atoms with Gasteiger partial charge in [-0.2, -0.15) is 13.2 Å². The van der Waals surface area contributed by atoms with Crippen LogP contribution in [-0.2, 0) is 25.6 Å². The molecule has 0 spiro atoms. The molecule has 2 aromatic heterocycles. The highest BCUT2D eigenvalue weighted by molar-refractivity contribution is 7.92. The maximum atomic E-state index is 14.5. The summed E-state index contributed by atoms with van der Waals surface area (Å²) in [5, 5.41) is 1.31. The second kappa shape index (κ2) is 12.1. The minimum Gasteiger partial charge on any atom is -0.349 e. The van der Waals surface area contributed by atoms with E-state index in [1.807, 2.05) is 0 Å². The number of carbonyl (C=O) groups excluding carboxylic acids is 2. The zero-order valence-electron chi connectivity index (χ0n) is 24.9. The van der Waals surface area contributed by atoms with Crippen molar-refractivity contribution in [3.05, 3.63) is 53.7 Å². The number of nitrogens with zero attached hydrogens (tertiary/aromatic N) is 6. The fourth-order valence-corrected chi connectivity index (χ4v) is 8.28. The minimum absolute atomic E-state index is 0.0173. The van der Waals surface area contributed by atoms with Crippen LogP contribution in [-0.4, -0.2) is 88.1 Å². The van der Waals surface area contributed by atoms with Crippen LogP contribution < -0.4 is 5.32 Å². The number of rotatable bonds is 9. The van der Waals surface area contributed by atoms with Crippen molar-refractivity contribution in [2.45, 2.75) is 53.5 Å². The molecule has 3 aliphatic rings. The Kier molecular flexibility index (Phi) is 8.50. The molecule has 0 bridgehead atoms. The van der Waals surface area contributed by atoms with Gasteiger partial charge in [0, 0.05) is 5.56 Å². The number of halogens is 6. The quantitative estimate of drug-likeness (QED) is 0.256. The maximum Gasteiger partial charge on any atom is 0.417 e. The van der Waals surface area contributed by atoms with E-state index in [-0.39, 0.29) is 34.3 Å². The predicted molar refractivity (Wildman–Crippen MR) is 162 cm³/mol. The summed E-state index contributed by atoms with van der Waals surface area (Å²) in [5.41, 5.74) is -1.90. The lowest BCUT2D eigenvalue weighted by Crippen LogP contribution is -2.60. The van der Waals surface area contributed by atoms with E-state index < -0.39 is 92.8 Å². The van der Waals surface area contributed by atoms with Gasteiger partial charge in [-0.15, -0.1) is 0 Å². The molecule has 2 saturated carbocycles. The van der Waals surface area contributed by atoms with E-state index >= 15 is 0 Å². The standard InChI is InChI=1S/C30H27ClF5N7O4S/c1-37-13-28(4-5-28)42-26(44)18-7-17(8-19(18)27(45)43-14-29(32,33)15-43)48(46,47)24-3-2-16(6-20(24)30(34,35)36)21-9-38-10-23(41-21)22-11-40-25(31)12-39-22/h2-3,6,9-12,17-19H,1,4-5,7-8,13-15H2,(H,42,44). The largest absolute Gasteiger partial charge is 0.417 e. The summed E-state index contributed by atoms with van der Waals surface area (Å²) in [6, 6.07) is 2.59. The van der Waals surface area contributed by atoms with E-state index in [4.69, 9.17) is 11.6 Å². The number of benzene rings is 1. The SMILES string of the molecule is C=NCC1(NC(=O)C2CC(S(=O)(=O)c3ccc(-c4cncc(-c5cnc(Cl)cn5)n4)cc3C(F)(F)F)CC2C(=O)N2CC(F)(F)C2)CC1. The maximum absolute atomic E-state index is 14.5. The van der Waals surface area contributed by atoms with Gasteiger partial charge < -0.3 is 10.2 Å². The number of alkyl halides is 5. The number of likely N-dealkylation sites (tertiary alicyclic amines) is 1. The lowest BCUT2D eigenvalue weighted by molar-refractivity contribution is -0.171. The topological polar surface area (TPSA) is 147 Å². The average molecular weight is 712 g/mol. The lowest BCUT2D eigenvalue weighted by atomic mass is 9.92. The third-order valence-corrected chi connectivity index (χ3v) is 11.3. The number of hydrogen-bond acceptors (Lipinski definition) is 9. The third kappa shape index (κ3) is 6.61. The van der Waals surface area contributed by atoms with Gasteiger partial charge in [-0.25, -0.2) is 32.2 Å². The Labute approximate surface area is 276 Å². The number of aliphatic imine (C=N–C) groups is 1. The van der Waals surface area contributed by atoms with Gasteiger partial charge in [-0.05, 0) is 44.5 Å². The van der Waals surface area contributed by atoms with Crippen LogP contribution in [0.5, 0.6) is 0 Å². The molecule has 3 aromatic rings. The zero-order chi connectivity index (χ0) is 34.6. The Hall–Kier alpha value is -4.12. The van der Waals surface area contributed by atoms with Crippen LogP contribution in [0.1, 0.15) is 31.2 Å². The minimum atomic E-state index is -5.14. The van der Waals surface area contributed by atoms with Gasteiger partial charge in [0.05, 0.1) is 83.2 Å². The van der Waals surface area contributed by atoms with Gasteiger partial charge in [0.2, 0.25) is 11.8 Å². The van der Waals surface area contributed by atoms with Crippen molar-refractivity contribution >= 4 is 40.0 Å². The molecule has 2 amide bonds. The second-order valence-electron chi connectivity index (χ2n) is 12.3. The van der Waals surface area contributed by atoms with Crippen LogP contribution in [0.3, 0.4) is 0 Å². The second-order valence-corrected chi connectivity index (χ2v) is 14.9. The molecule has 11 nitrogen and oxygen atoms in total. The van der Waals surface area contributed by atoms with Gasteiger partial charge in [0.15, 0.2) is 9.84 Å². The summed E-state index contributed by atoms with van der Waals surface area (Å²) >= 11 is 5.77. The Morgan fingerprint density at radius 2 is 1.71 bits per heavy atom. The van der Waals surface area contributed by atoms with Crippen LogP contribution in [0.15, 0.2) is 52.9 Å². The molecule has 0 radical (unpaired) electrons. The highest BCUT2D eigenvalue weighted by Crippen LogP contribution is 2.45. The number of nitrogens with one attached hydrogen (secondary N) is 1. The van der Waals surface area contributed by atoms with Crippen molar-refractivity contribution in [3.63, 3.8) is 0 Å². The molecular formula is C30H27ClF5N7O4S. The average Bonchev–Trinajstić information content (AvgIpc) is 3.61. The molecule has 1 saturated heterocycles. The molecule has 2 aliphatic carbocycles. The van der Waals surface area contributed by atoms with E-state index in [1.165, 1.54) is 24.8 Å². The van der Waals surface area contributed by atoms with E-state index in [9.17, 15) is 40.0 Å². The third-order valence-electron chi connectivity index (χ3n) is 8.83. The summed E-state index contributed by atoms with van der Waals surface area (Å²) in [7, 11) is -4.83. The van der Waals surface area contributed by atoms with Gasteiger partial charge >= 0.3 is 6.18 Å². The first-order valence-corrected chi connectivity index (χ1v) is 16.6. The van der Waals surface area contributed by atoms with Crippen molar-refractivity contribution in [2.75, 3.05) is 19.6 Å². The van der Waals surface area contributed by atoms with E-state index in [2.05, 4.69) is 37.0 Å². The fourth-order valence-electron chi connectivity index (χ4n) is 6.16. The molecule has 3 unspecified atom stereocenters. The number of amides is 2. The first-order chi connectivity index (χ1) is 22.5. The predicted octanol–water partition coefficient (Wildman–Crippen LogP) is 4.27. The molecule has 1 N–H and O–H groups in total. The normalized spacial score (nSPS) is 22.9. The molecule has 3 heterocycles. The molecule has 1 aliphatic heterocycles. The van der Waals surface area contributed by atoms with Crippen LogP contribution in [0.4, 0.5) is 22.0 Å². The highest BCUT2D eigenvalue weighted by atomic mass is 35.5. The lowest BCUT2D eigenvalue weighted by Gasteiger charge is -2.40. The van der Waals surface area contributed by atoms with E-state index in [0.29, 0.717) is 18.9 Å². The van der Waals surface area contributed by atoms with Crippen molar-refractivity contribution < 1.29 is 40.0 Å². The Bertz CT molecular complexity index is 1880. The van der Waals surface area contributed by atoms with E-state index in [0.717, 1.165) is 17.0 Å². The van der Waals surface area contributed by atoms with Crippen molar-refractivity contribution in [1.29, 1.82) is 0 Å². The molecule has 3 atom stereocenters. The molecular weight excluding hydrogens is 685 g/mol.